The first-order valence-corrected chi connectivity index (χ1v) is 11.2. The fourth-order valence-corrected chi connectivity index (χ4v) is 4.02. The first kappa shape index (κ1) is 25.2. The Morgan fingerprint density at radius 2 is 1.94 bits per heavy atom. The highest BCUT2D eigenvalue weighted by Crippen LogP contribution is 2.30. The van der Waals surface area contributed by atoms with E-state index in [0.29, 0.717) is 28.4 Å². The molecule has 0 unspecified atom stereocenters. The molecule has 10 nitrogen and oxygen atoms in total. The number of hydrogen-bond donors (Lipinski definition) is 1. The molecule has 14 heteroatoms. The molecule has 0 bridgehead atoms. The molecule has 0 atom stereocenters. The van der Waals surface area contributed by atoms with Gasteiger partial charge in [-0.3, -0.25) is 9.48 Å². The second-order valence-corrected chi connectivity index (χ2v) is 8.73. The second-order valence-electron chi connectivity index (χ2n) is 7.88. The van der Waals surface area contributed by atoms with Crippen LogP contribution < -0.4 is 5.32 Å². The summed E-state index contributed by atoms with van der Waals surface area (Å²) in [6.45, 7) is 3.51. The normalized spacial score (nSPS) is 11.6. The largest absolute Gasteiger partial charge is 0.454 e. The lowest BCUT2D eigenvalue weighted by molar-refractivity contribution is -0.390. The maximum atomic E-state index is 13.0. The molecular formula is C22H18BrF3N6O4. The molecule has 3 heterocycles. The maximum Gasteiger partial charge on any atom is 0.416 e. The van der Waals surface area contributed by atoms with Gasteiger partial charge in [0, 0.05) is 0 Å². The first-order valence-electron chi connectivity index (χ1n) is 10.4. The Morgan fingerprint density at radius 3 is 2.61 bits per heavy atom. The van der Waals surface area contributed by atoms with Crippen molar-refractivity contribution in [1.29, 1.82) is 0 Å². The molecule has 0 spiro atoms. The number of aromatic nitrogens is 4. The molecule has 1 aromatic carbocycles. The van der Waals surface area contributed by atoms with Crippen molar-refractivity contribution in [2.45, 2.75) is 33.1 Å². The fourth-order valence-electron chi connectivity index (χ4n) is 3.56. The summed E-state index contributed by atoms with van der Waals surface area (Å²) in [4.78, 5) is 23.1. The Morgan fingerprint density at radius 1 is 1.19 bits per heavy atom. The highest BCUT2D eigenvalue weighted by Gasteiger charge is 2.30. The minimum Gasteiger partial charge on any atom is -0.454 e. The van der Waals surface area contributed by atoms with E-state index in [4.69, 9.17) is 4.42 Å². The lowest BCUT2D eigenvalue weighted by atomic mass is 10.1. The summed E-state index contributed by atoms with van der Waals surface area (Å²) >= 11 is 3.07. The van der Waals surface area contributed by atoms with Crippen LogP contribution in [-0.4, -0.2) is 30.4 Å². The predicted octanol–water partition coefficient (Wildman–Crippen LogP) is 5.33. The van der Waals surface area contributed by atoms with Crippen molar-refractivity contribution in [2.75, 3.05) is 5.32 Å². The number of carbonyl (C=O) groups excluding carboxylic acids is 1. The van der Waals surface area contributed by atoms with Crippen molar-refractivity contribution in [1.82, 2.24) is 19.6 Å². The fraction of sp³-hybridized carbons (Fsp3) is 0.227. The predicted molar refractivity (Wildman–Crippen MR) is 125 cm³/mol. The number of rotatable bonds is 7. The van der Waals surface area contributed by atoms with Gasteiger partial charge >= 0.3 is 12.0 Å². The summed E-state index contributed by atoms with van der Waals surface area (Å²) < 4.78 is 47.7. The molecule has 3 aromatic heterocycles. The molecule has 0 saturated carbocycles. The third-order valence-corrected chi connectivity index (χ3v) is 5.84. The third kappa shape index (κ3) is 5.32. The molecule has 0 fully saturated rings. The number of nitro groups is 1. The number of nitrogens with one attached hydrogen (secondary N) is 1. The van der Waals surface area contributed by atoms with Gasteiger partial charge in [-0.2, -0.15) is 23.0 Å². The minimum atomic E-state index is -4.45. The Hall–Kier alpha value is -3.94. The Balaban J connectivity index is 1.47. The van der Waals surface area contributed by atoms with Crippen molar-refractivity contribution < 1.29 is 27.3 Å². The molecule has 0 aliphatic heterocycles. The Kier molecular flexibility index (Phi) is 6.71. The number of benzene rings is 1. The highest BCUT2D eigenvalue weighted by molar-refractivity contribution is 9.10. The molecule has 0 saturated heterocycles. The van der Waals surface area contributed by atoms with Gasteiger partial charge in [0.2, 0.25) is 0 Å². The van der Waals surface area contributed by atoms with Crippen molar-refractivity contribution in [2.24, 2.45) is 0 Å². The summed E-state index contributed by atoms with van der Waals surface area (Å²) in [6, 6.07) is 7.97. The van der Waals surface area contributed by atoms with E-state index in [9.17, 15) is 28.1 Å². The van der Waals surface area contributed by atoms with Crippen LogP contribution in [0.4, 0.5) is 24.7 Å². The van der Waals surface area contributed by atoms with E-state index in [1.807, 2.05) is 0 Å². The van der Waals surface area contributed by atoms with Crippen LogP contribution in [0.25, 0.3) is 0 Å². The molecule has 1 N–H and O–H groups in total. The smallest absolute Gasteiger partial charge is 0.416 e. The summed E-state index contributed by atoms with van der Waals surface area (Å²) in [7, 11) is 0. The zero-order valence-corrected chi connectivity index (χ0v) is 20.4. The van der Waals surface area contributed by atoms with Gasteiger partial charge in [0.15, 0.2) is 5.76 Å². The topological polar surface area (TPSA) is 121 Å². The molecular weight excluding hydrogens is 549 g/mol. The molecule has 0 aliphatic carbocycles. The number of nitrogens with zero attached hydrogens (tertiary/aromatic N) is 5. The lowest BCUT2D eigenvalue weighted by Gasteiger charge is -2.10. The first-order chi connectivity index (χ1) is 16.9. The van der Waals surface area contributed by atoms with Crippen LogP contribution in [-0.2, 0) is 19.3 Å². The van der Waals surface area contributed by atoms with Gasteiger partial charge in [-0.15, -0.1) is 0 Å². The molecule has 0 aliphatic rings. The number of alkyl halides is 3. The van der Waals surface area contributed by atoms with Crippen LogP contribution in [0.15, 0.2) is 51.5 Å². The standard InChI is InChI=1S/C22H18BrF3N6O4/c1-12-19(13(2)31(28-12)9-14-4-3-5-15(8-14)22(24,25)26)27-21(33)18-7-6-16(36-18)10-30-11-17(23)20(29-30)32(34)35/h3-8,11H,9-10H2,1-2H3,(H,27,33). The van der Waals surface area contributed by atoms with Crippen LogP contribution in [0, 0.1) is 24.0 Å². The van der Waals surface area contributed by atoms with Gasteiger partial charge in [0.1, 0.15) is 16.8 Å². The second kappa shape index (κ2) is 9.60. The van der Waals surface area contributed by atoms with E-state index in [1.165, 1.54) is 27.7 Å². The average Bonchev–Trinajstić information content (AvgIpc) is 3.48. The van der Waals surface area contributed by atoms with E-state index in [1.54, 1.807) is 26.0 Å². The quantitative estimate of drug-likeness (QED) is 0.238. The summed E-state index contributed by atoms with van der Waals surface area (Å²) in [5.74, 6) is -0.555. The summed E-state index contributed by atoms with van der Waals surface area (Å²) in [5.41, 5.74) is 1.11. The van der Waals surface area contributed by atoms with Crippen LogP contribution >= 0.6 is 15.9 Å². The van der Waals surface area contributed by atoms with E-state index >= 15 is 0 Å². The Labute approximate surface area is 210 Å². The monoisotopic (exact) mass is 566 g/mol. The van der Waals surface area contributed by atoms with Crippen molar-refractivity contribution >= 4 is 33.3 Å². The third-order valence-electron chi connectivity index (χ3n) is 5.28. The molecule has 4 aromatic rings. The van der Waals surface area contributed by atoms with Gasteiger partial charge in [-0.1, -0.05) is 12.1 Å². The number of halogens is 4. The van der Waals surface area contributed by atoms with Crippen LogP contribution in [0.2, 0.25) is 0 Å². The molecule has 36 heavy (non-hydrogen) atoms. The zero-order valence-electron chi connectivity index (χ0n) is 18.8. The van der Waals surface area contributed by atoms with Gasteiger partial charge in [0.05, 0.1) is 40.5 Å². The summed E-state index contributed by atoms with van der Waals surface area (Å²) in [5, 5.41) is 21.9. The Bertz CT molecular complexity index is 1460. The highest BCUT2D eigenvalue weighted by atomic mass is 79.9. The van der Waals surface area contributed by atoms with Crippen LogP contribution in [0.1, 0.15) is 38.8 Å². The lowest BCUT2D eigenvalue weighted by Crippen LogP contribution is -2.13. The van der Waals surface area contributed by atoms with Crippen molar-refractivity contribution in [3.05, 3.63) is 91.2 Å². The minimum absolute atomic E-state index is 0.00449. The van der Waals surface area contributed by atoms with E-state index in [2.05, 4.69) is 31.4 Å². The van der Waals surface area contributed by atoms with Crippen LogP contribution in [0.3, 0.4) is 0 Å². The molecule has 188 valence electrons. The number of anilines is 1. The molecule has 0 radical (unpaired) electrons. The SMILES string of the molecule is Cc1nn(Cc2cccc(C(F)(F)F)c2)c(C)c1NC(=O)c1ccc(Cn2cc(Br)c([N+](=O)[O-])n2)o1. The number of hydrogen-bond acceptors (Lipinski definition) is 6. The van der Waals surface area contributed by atoms with Gasteiger partial charge in [-0.25, -0.2) is 0 Å². The van der Waals surface area contributed by atoms with Gasteiger partial charge in [0.25, 0.3) is 5.91 Å². The molecule has 4 rings (SSSR count). The van der Waals surface area contributed by atoms with E-state index < -0.39 is 22.6 Å². The number of aryl methyl sites for hydroxylation is 1. The van der Waals surface area contributed by atoms with Gasteiger partial charge in [-0.05, 0) is 64.5 Å². The van der Waals surface area contributed by atoms with Gasteiger partial charge < -0.3 is 19.8 Å². The summed E-state index contributed by atoms with van der Waals surface area (Å²) in [6.07, 6.45) is -3.03. The maximum absolute atomic E-state index is 13.0. The molecule has 1 amide bonds. The van der Waals surface area contributed by atoms with E-state index in [-0.39, 0.29) is 29.1 Å². The zero-order chi connectivity index (χ0) is 26.2. The number of carbonyl (C=O) groups is 1. The van der Waals surface area contributed by atoms with Crippen molar-refractivity contribution in [3.63, 3.8) is 0 Å². The van der Waals surface area contributed by atoms with Crippen LogP contribution in [0.5, 0.6) is 0 Å². The van der Waals surface area contributed by atoms with Crippen molar-refractivity contribution in [3.8, 4) is 0 Å². The average molecular weight is 567 g/mol. The number of amides is 1. The van der Waals surface area contributed by atoms with E-state index in [0.717, 1.165) is 12.1 Å². The number of furan rings is 1.